The predicted octanol–water partition coefficient (Wildman–Crippen LogP) is 4.52. The van der Waals surface area contributed by atoms with Crippen LogP contribution in [0.1, 0.15) is 5.56 Å². The smallest absolute Gasteiger partial charge is 0.210 e. The highest BCUT2D eigenvalue weighted by molar-refractivity contribution is 9.10. The maximum Gasteiger partial charge on any atom is 0.210 e. The zero-order chi connectivity index (χ0) is 13.2. The van der Waals surface area contributed by atoms with Crippen molar-refractivity contribution in [2.45, 2.75) is 0 Å². The summed E-state index contributed by atoms with van der Waals surface area (Å²) in [5, 5.41) is 10.4. The molecule has 0 fully saturated rings. The van der Waals surface area contributed by atoms with Crippen LogP contribution in [0.4, 0.5) is 5.13 Å². The van der Waals surface area contributed by atoms with E-state index >= 15 is 0 Å². The molecule has 0 saturated heterocycles. The first-order valence-corrected chi connectivity index (χ1v) is 7.21. The Morgan fingerprint density at radius 3 is 2.89 bits per heavy atom. The van der Waals surface area contributed by atoms with E-state index in [9.17, 15) is 5.11 Å². The van der Waals surface area contributed by atoms with Crippen LogP contribution < -0.4 is 0 Å². The largest absolute Gasteiger partial charge is 0.507 e. The Morgan fingerprint density at radius 2 is 2.05 bits per heavy atom. The SMILES string of the molecule is Oc1ccc(Br)cc1C=Nc1nc2ccccc2s1. The molecule has 94 valence electrons. The van der Waals surface area contributed by atoms with Gasteiger partial charge in [0.25, 0.3) is 0 Å². The molecule has 0 aliphatic carbocycles. The fraction of sp³-hybridized carbons (Fsp3) is 0. The molecule has 0 amide bonds. The van der Waals surface area contributed by atoms with Gasteiger partial charge in [0.1, 0.15) is 5.75 Å². The molecule has 1 aromatic heterocycles. The number of aliphatic imine (C=N–C) groups is 1. The third kappa shape index (κ3) is 2.67. The maximum absolute atomic E-state index is 9.72. The number of hydrogen-bond donors (Lipinski definition) is 1. The number of fused-ring (bicyclic) bond motifs is 1. The van der Waals surface area contributed by atoms with E-state index in [1.165, 1.54) is 11.3 Å². The molecule has 0 aliphatic heterocycles. The summed E-state index contributed by atoms with van der Waals surface area (Å²) in [4.78, 5) is 8.72. The fourth-order valence-corrected chi connectivity index (χ4v) is 2.86. The second kappa shape index (κ2) is 5.11. The summed E-state index contributed by atoms with van der Waals surface area (Å²) in [7, 11) is 0. The van der Waals surface area contributed by atoms with Crippen LogP contribution in [0.25, 0.3) is 10.2 Å². The van der Waals surface area contributed by atoms with Crippen molar-refractivity contribution in [3.05, 3.63) is 52.5 Å². The Kier molecular flexibility index (Phi) is 3.31. The number of phenols is 1. The van der Waals surface area contributed by atoms with E-state index < -0.39 is 0 Å². The Balaban J connectivity index is 1.95. The number of halogens is 1. The van der Waals surface area contributed by atoms with Crippen LogP contribution in [0, 0.1) is 0 Å². The van der Waals surface area contributed by atoms with Crippen LogP contribution >= 0.6 is 27.3 Å². The third-order valence-corrected chi connectivity index (χ3v) is 4.02. The van der Waals surface area contributed by atoms with Gasteiger partial charge >= 0.3 is 0 Å². The van der Waals surface area contributed by atoms with Crippen LogP contribution in [0.15, 0.2) is 51.9 Å². The van der Waals surface area contributed by atoms with Crippen molar-refractivity contribution in [1.29, 1.82) is 0 Å². The van der Waals surface area contributed by atoms with Gasteiger partial charge < -0.3 is 5.11 Å². The lowest BCUT2D eigenvalue weighted by molar-refractivity contribution is 0.474. The summed E-state index contributed by atoms with van der Waals surface area (Å²) in [6.07, 6.45) is 1.62. The summed E-state index contributed by atoms with van der Waals surface area (Å²) in [5.74, 6) is 0.202. The van der Waals surface area contributed by atoms with E-state index in [4.69, 9.17) is 0 Å². The van der Waals surface area contributed by atoms with Gasteiger partial charge in [-0.25, -0.2) is 9.98 Å². The molecule has 0 unspecified atom stereocenters. The Morgan fingerprint density at radius 1 is 1.21 bits per heavy atom. The molecule has 0 spiro atoms. The van der Waals surface area contributed by atoms with Gasteiger partial charge in [0.2, 0.25) is 5.13 Å². The number of aromatic hydroxyl groups is 1. The van der Waals surface area contributed by atoms with E-state index in [1.54, 1.807) is 18.3 Å². The molecule has 1 heterocycles. The van der Waals surface area contributed by atoms with Crippen LogP contribution in [0.5, 0.6) is 5.75 Å². The minimum absolute atomic E-state index is 0.202. The molecular formula is C14H9BrN2OS. The summed E-state index contributed by atoms with van der Waals surface area (Å²) in [6, 6.07) is 13.1. The minimum Gasteiger partial charge on any atom is -0.507 e. The highest BCUT2D eigenvalue weighted by Crippen LogP contribution is 2.28. The highest BCUT2D eigenvalue weighted by atomic mass is 79.9. The van der Waals surface area contributed by atoms with Gasteiger partial charge in [-0.1, -0.05) is 39.4 Å². The van der Waals surface area contributed by atoms with Gasteiger partial charge in [-0.05, 0) is 30.3 Å². The van der Waals surface area contributed by atoms with Crippen molar-refractivity contribution in [2.75, 3.05) is 0 Å². The lowest BCUT2D eigenvalue weighted by Crippen LogP contribution is -1.81. The number of thiazole rings is 1. The Labute approximate surface area is 122 Å². The molecular weight excluding hydrogens is 324 g/mol. The minimum atomic E-state index is 0.202. The summed E-state index contributed by atoms with van der Waals surface area (Å²) >= 11 is 4.89. The Hall–Kier alpha value is -1.72. The first-order valence-electron chi connectivity index (χ1n) is 5.60. The molecule has 0 bridgehead atoms. The topological polar surface area (TPSA) is 45.5 Å². The number of nitrogens with zero attached hydrogens (tertiary/aromatic N) is 2. The zero-order valence-corrected chi connectivity index (χ0v) is 12.1. The van der Waals surface area contributed by atoms with E-state index in [0.29, 0.717) is 10.7 Å². The number of hydrogen-bond acceptors (Lipinski definition) is 4. The van der Waals surface area contributed by atoms with Gasteiger partial charge in [0, 0.05) is 16.3 Å². The first kappa shape index (κ1) is 12.3. The molecule has 19 heavy (non-hydrogen) atoms. The lowest BCUT2D eigenvalue weighted by atomic mass is 10.2. The molecule has 0 aliphatic rings. The van der Waals surface area contributed by atoms with Crippen molar-refractivity contribution < 1.29 is 5.11 Å². The second-order valence-electron chi connectivity index (χ2n) is 3.93. The van der Waals surface area contributed by atoms with E-state index in [2.05, 4.69) is 25.9 Å². The van der Waals surface area contributed by atoms with E-state index in [0.717, 1.165) is 14.7 Å². The van der Waals surface area contributed by atoms with E-state index in [-0.39, 0.29) is 5.75 Å². The second-order valence-corrected chi connectivity index (χ2v) is 5.85. The number of aromatic nitrogens is 1. The normalized spacial score (nSPS) is 11.4. The molecule has 3 nitrogen and oxygen atoms in total. The van der Waals surface area contributed by atoms with Crippen LogP contribution in [0.2, 0.25) is 0 Å². The summed E-state index contributed by atoms with van der Waals surface area (Å²) < 4.78 is 2.00. The van der Waals surface area contributed by atoms with Gasteiger partial charge in [0.05, 0.1) is 10.2 Å². The van der Waals surface area contributed by atoms with Crippen molar-refractivity contribution >= 4 is 48.8 Å². The number of phenolic OH excluding ortho intramolecular Hbond substituents is 1. The lowest BCUT2D eigenvalue weighted by Gasteiger charge is -1.97. The van der Waals surface area contributed by atoms with Gasteiger partial charge in [-0.15, -0.1) is 0 Å². The molecule has 2 aromatic carbocycles. The molecule has 3 rings (SSSR count). The predicted molar refractivity (Wildman–Crippen MR) is 82.7 cm³/mol. The number of para-hydroxylation sites is 1. The Bertz CT molecular complexity index is 734. The highest BCUT2D eigenvalue weighted by Gasteiger charge is 2.02. The van der Waals surface area contributed by atoms with Gasteiger partial charge in [-0.2, -0.15) is 0 Å². The van der Waals surface area contributed by atoms with Crippen molar-refractivity contribution in [2.24, 2.45) is 4.99 Å². The fourth-order valence-electron chi connectivity index (χ4n) is 1.67. The monoisotopic (exact) mass is 332 g/mol. The summed E-state index contributed by atoms with van der Waals surface area (Å²) in [5.41, 5.74) is 1.60. The average Bonchev–Trinajstić information content (AvgIpc) is 2.82. The molecule has 0 radical (unpaired) electrons. The third-order valence-electron chi connectivity index (χ3n) is 2.59. The molecule has 3 aromatic rings. The van der Waals surface area contributed by atoms with Crippen molar-refractivity contribution in [1.82, 2.24) is 4.98 Å². The van der Waals surface area contributed by atoms with Crippen molar-refractivity contribution in [3.63, 3.8) is 0 Å². The average molecular weight is 333 g/mol. The van der Waals surface area contributed by atoms with Gasteiger partial charge in [0.15, 0.2) is 0 Å². The maximum atomic E-state index is 9.72. The van der Waals surface area contributed by atoms with Crippen LogP contribution in [0.3, 0.4) is 0 Å². The standard InChI is InChI=1S/C14H9BrN2OS/c15-10-5-6-12(18)9(7-10)8-16-14-17-11-3-1-2-4-13(11)19-14/h1-8,18H. The van der Waals surface area contributed by atoms with E-state index in [1.807, 2.05) is 30.3 Å². The molecule has 0 saturated carbocycles. The molecule has 1 N–H and O–H groups in total. The molecule has 0 atom stereocenters. The van der Waals surface area contributed by atoms with Crippen molar-refractivity contribution in [3.8, 4) is 5.75 Å². The first-order chi connectivity index (χ1) is 9.22. The summed E-state index contributed by atoms with van der Waals surface area (Å²) in [6.45, 7) is 0. The van der Waals surface area contributed by atoms with Crippen LogP contribution in [-0.2, 0) is 0 Å². The zero-order valence-electron chi connectivity index (χ0n) is 9.75. The molecule has 5 heteroatoms. The number of benzene rings is 2. The quantitative estimate of drug-likeness (QED) is 0.701. The van der Waals surface area contributed by atoms with Gasteiger partial charge in [-0.3, -0.25) is 0 Å². The van der Waals surface area contributed by atoms with Crippen LogP contribution in [-0.4, -0.2) is 16.3 Å². The number of rotatable bonds is 2.